The molecular formula is C18H18ClN3O3S. The van der Waals surface area contributed by atoms with Gasteiger partial charge in [-0.1, -0.05) is 41.6 Å². The standard InChI is InChI=1S/C18H18ClN3O3S/c1-11(25-17(24)15-13(19)10-20-18(21-15)26-2)16(23)22-9-5-7-12-6-3-4-8-14(12)22/h3-4,6,8,10-11H,5,7,9H2,1-2H3. The summed E-state index contributed by atoms with van der Waals surface area (Å²) in [6.07, 6.45) is 4.00. The largest absolute Gasteiger partial charge is 0.448 e. The van der Waals surface area contributed by atoms with Crippen LogP contribution in [0, 0.1) is 0 Å². The molecule has 8 heteroatoms. The highest BCUT2D eigenvalue weighted by Gasteiger charge is 2.29. The van der Waals surface area contributed by atoms with Gasteiger partial charge in [0.2, 0.25) is 0 Å². The van der Waals surface area contributed by atoms with E-state index in [1.54, 1.807) is 18.1 Å². The molecule has 1 atom stereocenters. The summed E-state index contributed by atoms with van der Waals surface area (Å²) in [4.78, 5) is 34.9. The maximum atomic E-state index is 12.8. The highest BCUT2D eigenvalue weighted by atomic mass is 35.5. The monoisotopic (exact) mass is 391 g/mol. The molecular weight excluding hydrogens is 374 g/mol. The van der Waals surface area contributed by atoms with Crippen molar-refractivity contribution >= 4 is 40.9 Å². The molecule has 0 saturated carbocycles. The fourth-order valence-corrected chi connectivity index (χ4v) is 3.35. The number of thioether (sulfide) groups is 1. The van der Waals surface area contributed by atoms with Crippen LogP contribution >= 0.6 is 23.4 Å². The van der Waals surface area contributed by atoms with Crippen LogP contribution in [0.15, 0.2) is 35.6 Å². The Morgan fingerprint density at radius 1 is 1.35 bits per heavy atom. The van der Waals surface area contributed by atoms with Crippen LogP contribution in [0.5, 0.6) is 0 Å². The zero-order valence-electron chi connectivity index (χ0n) is 14.4. The summed E-state index contributed by atoms with van der Waals surface area (Å²) in [6, 6.07) is 7.77. The van der Waals surface area contributed by atoms with Crippen molar-refractivity contribution in [3.05, 3.63) is 46.7 Å². The molecule has 0 aliphatic carbocycles. The minimum Gasteiger partial charge on any atom is -0.448 e. The maximum absolute atomic E-state index is 12.8. The SMILES string of the molecule is CSc1ncc(Cl)c(C(=O)OC(C)C(=O)N2CCCc3ccccc32)n1. The van der Waals surface area contributed by atoms with Gasteiger partial charge in [0.15, 0.2) is 17.0 Å². The molecule has 0 saturated heterocycles. The number of benzene rings is 1. The molecule has 136 valence electrons. The van der Waals surface area contributed by atoms with Gasteiger partial charge in [0.05, 0.1) is 11.2 Å². The number of nitrogens with zero attached hydrogens (tertiary/aromatic N) is 3. The van der Waals surface area contributed by atoms with Crippen molar-refractivity contribution in [1.82, 2.24) is 9.97 Å². The predicted molar refractivity (Wildman–Crippen MR) is 101 cm³/mol. The summed E-state index contributed by atoms with van der Waals surface area (Å²) in [5.41, 5.74) is 1.95. The number of para-hydroxylation sites is 1. The molecule has 1 aromatic heterocycles. The second-order valence-electron chi connectivity index (χ2n) is 5.82. The van der Waals surface area contributed by atoms with Gasteiger partial charge < -0.3 is 9.64 Å². The lowest BCUT2D eigenvalue weighted by molar-refractivity contribution is -0.126. The molecule has 1 aromatic carbocycles. The van der Waals surface area contributed by atoms with Gasteiger partial charge >= 0.3 is 5.97 Å². The van der Waals surface area contributed by atoms with E-state index in [1.165, 1.54) is 18.0 Å². The van der Waals surface area contributed by atoms with Gasteiger partial charge in [-0.2, -0.15) is 0 Å². The smallest absolute Gasteiger partial charge is 0.359 e. The third kappa shape index (κ3) is 3.83. The first-order valence-corrected chi connectivity index (χ1v) is 9.78. The molecule has 0 N–H and O–H groups in total. The van der Waals surface area contributed by atoms with Crippen LogP contribution in [0.25, 0.3) is 0 Å². The zero-order valence-corrected chi connectivity index (χ0v) is 16.0. The lowest BCUT2D eigenvalue weighted by atomic mass is 10.0. The average molecular weight is 392 g/mol. The summed E-state index contributed by atoms with van der Waals surface area (Å²) < 4.78 is 5.33. The minimum absolute atomic E-state index is 0.0373. The van der Waals surface area contributed by atoms with Crippen molar-refractivity contribution in [3.8, 4) is 0 Å². The molecule has 2 heterocycles. The van der Waals surface area contributed by atoms with Crippen molar-refractivity contribution in [2.45, 2.75) is 31.0 Å². The minimum atomic E-state index is -0.947. The number of halogens is 1. The fraction of sp³-hybridized carbons (Fsp3) is 0.333. The Morgan fingerprint density at radius 3 is 2.88 bits per heavy atom. The number of hydrogen-bond donors (Lipinski definition) is 0. The first kappa shape index (κ1) is 18.7. The normalized spacial score (nSPS) is 14.5. The second-order valence-corrected chi connectivity index (χ2v) is 7.00. The molecule has 1 unspecified atom stereocenters. The molecule has 0 spiro atoms. The van der Waals surface area contributed by atoms with Gasteiger partial charge in [0.1, 0.15) is 0 Å². The Balaban J connectivity index is 1.75. The van der Waals surface area contributed by atoms with Crippen LogP contribution in [0.1, 0.15) is 29.4 Å². The number of rotatable bonds is 4. The second kappa shape index (κ2) is 8.05. The van der Waals surface area contributed by atoms with Crippen molar-refractivity contribution in [1.29, 1.82) is 0 Å². The topological polar surface area (TPSA) is 72.4 Å². The maximum Gasteiger partial charge on any atom is 0.359 e. The van der Waals surface area contributed by atoms with E-state index in [1.807, 2.05) is 24.3 Å². The van der Waals surface area contributed by atoms with Crippen molar-refractivity contribution in [2.75, 3.05) is 17.7 Å². The molecule has 0 bridgehead atoms. The lowest BCUT2D eigenvalue weighted by Crippen LogP contribution is -2.42. The molecule has 2 aromatic rings. The van der Waals surface area contributed by atoms with Crippen LogP contribution in [-0.2, 0) is 16.0 Å². The predicted octanol–water partition coefficient (Wildman–Crippen LogP) is 3.38. The summed E-state index contributed by atoms with van der Waals surface area (Å²) in [5, 5.41) is 0.501. The van der Waals surface area contributed by atoms with Crippen LogP contribution in [0.4, 0.5) is 5.69 Å². The molecule has 0 radical (unpaired) electrons. The van der Waals surface area contributed by atoms with E-state index >= 15 is 0 Å². The molecule has 1 amide bonds. The highest BCUT2D eigenvalue weighted by molar-refractivity contribution is 7.98. The van der Waals surface area contributed by atoms with Crippen LogP contribution in [0.3, 0.4) is 0 Å². The number of hydrogen-bond acceptors (Lipinski definition) is 6. The Bertz CT molecular complexity index is 846. The van der Waals surface area contributed by atoms with Crippen LogP contribution in [-0.4, -0.2) is 40.7 Å². The molecule has 6 nitrogen and oxygen atoms in total. The number of carbonyl (C=O) groups is 2. The number of fused-ring (bicyclic) bond motifs is 1. The molecule has 1 aliphatic rings. The number of carbonyl (C=O) groups excluding carboxylic acids is 2. The Labute approximate surface area is 160 Å². The molecule has 1 aliphatic heterocycles. The lowest BCUT2D eigenvalue weighted by Gasteiger charge is -2.31. The first-order valence-electron chi connectivity index (χ1n) is 8.18. The molecule has 26 heavy (non-hydrogen) atoms. The van der Waals surface area contributed by atoms with Crippen LogP contribution < -0.4 is 4.90 Å². The summed E-state index contributed by atoms with van der Waals surface area (Å²) >= 11 is 7.28. The first-order chi connectivity index (χ1) is 12.5. The Morgan fingerprint density at radius 2 is 2.12 bits per heavy atom. The van der Waals surface area contributed by atoms with E-state index in [2.05, 4.69) is 9.97 Å². The summed E-state index contributed by atoms with van der Waals surface area (Å²) in [6.45, 7) is 2.16. The summed E-state index contributed by atoms with van der Waals surface area (Å²) in [5.74, 6) is -1.00. The van der Waals surface area contributed by atoms with Crippen LogP contribution in [0.2, 0.25) is 5.02 Å². The van der Waals surface area contributed by atoms with Gasteiger partial charge in [-0.3, -0.25) is 4.79 Å². The van der Waals surface area contributed by atoms with E-state index in [4.69, 9.17) is 16.3 Å². The quantitative estimate of drug-likeness (QED) is 0.452. The average Bonchev–Trinajstić information content (AvgIpc) is 2.67. The Kier molecular flexibility index (Phi) is 5.78. The van der Waals surface area contributed by atoms with Crippen molar-refractivity contribution in [2.24, 2.45) is 0 Å². The summed E-state index contributed by atoms with van der Waals surface area (Å²) in [7, 11) is 0. The van der Waals surface area contributed by atoms with E-state index in [-0.39, 0.29) is 16.6 Å². The number of esters is 1. The van der Waals surface area contributed by atoms with E-state index in [0.717, 1.165) is 24.1 Å². The third-order valence-electron chi connectivity index (χ3n) is 4.11. The number of anilines is 1. The third-order valence-corrected chi connectivity index (χ3v) is 4.94. The number of aryl methyl sites for hydroxylation is 1. The molecule has 3 rings (SSSR count). The van der Waals surface area contributed by atoms with Gasteiger partial charge in [0.25, 0.3) is 5.91 Å². The highest BCUT2D eigenvalue weighted by Crippen LogP contribution is 2.27. The van der Waals surface area contributed by atoms with Gasteiger partial charge in [-0.25, -0.2) is 14.8 Å². The zero-order chi connectivity index (χ0) is 18.7. The Hall–Kier alpha value is -2.12. The number of ether oxygens (including phenoxy) is 1. The van der Waals surface area contributed by atoms with E-state index < -0.39 is 12.1 Å². The van der Waals surface area contributed by atoms with E-state index in [0.29, 0.717) is 11.7 Å². The van der Waals surface area contributed by atoms with Crippen molar-refractivity contribution < 1.29 is 14.3 Å². The van der Waals surface area contributed by atoms with E-state index in [9.17, 15) is 9.59 Å². The fourth-order valence-electron chi connectivity index (χ4n) is 2.84. The number of aromatic nitrogens is 2. The van der Waals surface area contributed by atoms with Gasteiger partial charge in [0, 0.05) is 12.2 Å². The van der Waals surface area contributed by atoms with Gasteiger partial charge in [-0.05, 0) is 37.7 Å². The molecule has 0 fully saturated rings. The van der Waals surface area contributed by atoms with Crippen molar-refractivity contribution in [3.63, 3.8) is 0 Å². The number of amides is 1. The van der Waals surface area contributed by atoms with Gasteiger partial charge in [-0.15, -0.1) is 0 Å².